The lowest BCUT2D eigenvalue weighted by Crippen LogP contribution is -2.60. The van der Waals surface area contributed by atoms with Crippen molar-refractivity contribution in [3.8, 4) is 11.1 Å². The smallest absolute Gasteiger partial charge is 0.302 e. The standard InChI is InChI=1S/C46H39BN4O2/c1-45(2,3)30-15-19-32(20-16-30)50-36-23-28(29-25-48-27-49-26-29)24-37-41(36)47(43-42(50)35-12-8-10-14-39(35)52-43)40-34-11-7-9-13-38(34)53-44(40)51(37)33-21-17-31(18-22-33)46(4,5)6/h7-27H,1-6H3. The minimum Gasteiger partial charge on any atom is -0.468 e. The molecule has 0 N–H and O–H groups in total. The van der Waals surface area contributed by atoms with Crippen LogP contribution in [0.25, 0.3) is 33.1 Å². The first kappa shape index (κ1) is 31.6. The summed E-state index contributed by atoms with van der Waals surface area (Å²) in [5.74, 6) is 0.800. The fraction of sp³-hybridized carbons (Fsp3) is 0.174. The van der Waals surface area contributed by atoms with E-state index in [1.807, 2.05) is 24.5 Å². The van der Waals surface area contributed by atoms with Crippen LogP contribution in [0.1, 0.15) is 52.7 Å². The Kier molecular flexibility index (Phi) is 6.69. The molecule has 0 amide bonds. The first-order valence-electron chi connectivity index (χ1n) is 18.3. The maximum atomic E-state index is 7.03. The van der Waals surface area contributed by atoms with Crippen LogP contribution in [0.4, 0.5) is 34.3 Å². The summed E-state index contributed by atoms with van der Waals surface area (Å²) in [7, 11) is 0. The fourth-order valence-electron chi connectivity index (χ4n) is 8.26. The Morgan fingerprint density at radius 3 is 1.68 bits per heavy atom. The van der Waals surface area contributed by atoms with Gasteiger partial charge in [0, 0.05) is 56.9 Å². The van der Waals surface area contributed by atoms with Crippen LogP contribution in [0.5, 0.6) is 0 Å². The normalized spacial score (nSPS) is 13.7. The summed E-state index contributed by atoms with van der Waals surface area (Å²) in [6.07, 6.45) is 5.36. The summed E-state index contributed by atoms with van der Waals surface area (Å²) in [6.45, 7) is 13.3. The molecule has 10 rings (SSSR count). The van der Waals surface area contributed by atoms with E-state index in [9.17, 15) is 0 Å². The van der Waals surface area contributed by atoms with Crippen molar-refractivity contribution in [2.75, 3.05) is 9.80 Å². The molecular weight excluding hydrogens is 651 g/mol. The van der Waals surface area contributed by atoms with Gasteiger partial charge in [0.15, 0.2) is 0 Å². The quantitative estimate of drug-likeness (QED) is 0.172. The van der Waals surface area contributed by atoms with E-state index in [-0.39, 0.29) is 17.5 Å². The van der Waals surface area contributed by atoms with Gasteiger partial charge in [-0.2, -0.15) is 0 Å². The molecule has 0 bridgehead atoms. The summed E-state index contributed by atoms with van der Waals surface area (Å²) < 4.78 is 14.0. The lowest BCUT2D eigenvalue weighted by Gasteiger charge is -2.41. The molecule has 3 aromatic heterocycles. The van der Waals surface area contributed by atoms with E-state index < -0.39 is 0 Å². The zero-order valence-electron chi connectivity index (χ0n) is 30.8. The number of furan rings is 2. The predicted octanol–water partition coefficient (Wildman–Crippen LogP) is 10.3. The maximum Gasteiger partial charge on any atom is 0.302 e. The second kappa shape index (κ2) is 11.2. The van der Waals surface area contributed by atoms with Crippen molar-refractivity contribution < 1.29 is 8.83 Å². The highest BCUT2D eigenvalue weighted by molar-refractivity contribution is 7.01. The highest BCUT2D eigenvalue weighted by Gasteiger charge is 2.49. The predicted molar refractivity (Wildman–Crippen MR) is 218 cm³/mol. The molecule has 2 aliphatic rings. The molecule has 0 fully saturated rings. The van der Waals surface area contributed by atoms with Crippen LogP contribution >= 0.6 is 0 Å². The van der Waals surface area contributed by atoms with E-state index in [1.54, 1.807) is 6.33 Å². The number of hydrogen-bond donors (Lipinski definition) is 0. The van der Waals surface area contributed by atoms with Gasteiger partial charge in [0.1, 0.15) is 17.5 Å². The molecule has 8 aromatic rings. The van der Waals surface area contributed by atoms with Crippen LogP contribution < -0.4 is 26.4 Å². The highest BCUT2D eigenvalue weighted by atomic mass is 16.4. The van der Waals surface area contributed by atoms with Crippen LogP contribution in [-0.2, 0) is 10.8 Å². The Balaban J connectivity index is 1.34. The molecule has 7 heteroatoms. The van der Waals surface area contributed by atoms with Gasteiger partial charge in [-0.05, 0) is 87.6 Å². The fourth-order valence-corrected chi connectivity index (χ4v) is 8.26. The summed E-state index contributed by atoms with van der Waals surface area (Å²) in [6, 6.07) is 39.3. The minimum absolute atomic E-state index is 0.0170. The molecule has 0 saturated heterocycles. The van der Waals surface area contributed by atoms with Gasteiger partial charge in [-0.15, -0.1) is 0 Å². The van der Waals surface area contributed by atoms with Gasteiger partial charge < -0.3 is 13.7 Å². The van der Waals surface area contributed by atoms with Crippen molar-refractivity contribution in [1.29, 1.82) is 0 Å². The molecule has 0 radical (unpaired) electrons. The summed E-state index contributed by atoms with van der Waals surface area (Å²) >= 11 is 0. The molecule has 2 aliphatic heterocycles. The van der Waals surface area contributed by atoms with E-state index >= 15 is 0 Å². The van der Waals surface area contributed by atoms with Crippen molar-refractivity contribution in [3.63, 3.8) is 0 Å². The zero-order chi connectivity index (χ0) is 36.2. The lowest BCUT2D eigenvalue weighted by molar-refractivity contribution is 0.590. The third-order valence-corrected chi connectivity index (χ3v) is 11.0. The second-order valence-corrected chi connectivity index (χ2v) is 16.4. The largest absolute Gasteiger partial charge is 0.468 e. The van der Waals surface area contributed by atoms with Crippen molar-refractivity contribution in [1.82, 2.24) is 9.97 Å². The molecule has 0 saturated carbocycles. The number of anilines is 6. The Labute approximate surface area is 309 Å². The number of fused-ring (bicyclic) bond motifs is 8. The SMILES string of the molecule is CC(C)(C)c1ccc(N2c3cc(-c4cncnc4)cc4c3B(c3oc5ccccc5c3N4c3ccc(C(C)(C)C)cc3)c3c2oc2ccccc32)cc1. The van der Waals surface area contributed by atoms with E-state index in [0.717, 1.165) is 84.0 Å². The van der Waals surface area contributed by atoms with Gasteiger partial charge in [0.2, 0.25) is 5.88 Å². The third-order valence-electron chi connectivity index (χ3n) is 11.0. The Bertz CT molecular complexity index is 2700. The van der Waals surface area contributed by atoms with Crippen molar-refractivity contribution in [3.05, 3.63) is 139 Å². The number of para-hydroxylation sites is 2. The van der Waals surface area contributed by atoms with Crippen LogP contribution in [0, 0.1) is 0 Å². The highest BCUT2D eigenvalue weighted by Crippen LogP contribution is 2.49. The Morgan fingerprint density at radius 1 is 0.547 bits per heavy atom. The molecule has 53 heavy (non-hydrogen) atoms. The molecule has 0 spiro atoms. The minimum atomic E-state index is -0.225. The molecular formula is C46H39BN4O2. The second-order valence-electron chi connectivity index (χ2n) is 16.4. The number of rotatable bonds is 3. The van der Waals surface area contributed by atoms with E-state index in [4.69, 9.17) is 8.83 Å². The lowest BCUT2D eigenvalue weighted by atomic mass is 9.35. The van der Waals surface area contributed by atoms with Gasteiger partial charge in [-0.1, -0.05) is 96.1 Å². The summed E-state index contributed by atoms with van der Waals surface area (Å²) in [4.78, 5) is 13.6. The van der Waals surface area contributed by atoms with Crippen molar-refractivity contribution in [2.24, 2.45) is 0 Å². The first-order valence-corrected chi connectivity index (χ1v) is 18.3. The van der Waals surface area contributed by atoms with E-state index in [1.165, 1.54) is 11.1 Å². The summed E-state index contributed by atoms with van der Waals surface area (Å²) in [5.41, 5.74) is 14.7. The molecule has 5 heterocycles. The molecule has 6 nitrogen and oxygen atoms in total. The third kappa shape index (κ3) is 4.80. The average Bonchev–Trinajstić information content (AvgIpc) is 3.73. The molecule has 258 valence electrons. The van der Waals surface area contributed by atoms with Crippen LogP contribution in [-0.4, -0.2) is 16.7 Å². The van der Waals surface area contributed by atoms with Crippen LogP contribution in [0.2, 0.25) is 0 Å². The van der Waals surface area contributed by atoms with Crippen molar-refractivity contribution in [2.45, 2.75) is 52.4 Å². The van der Waals surface area contributed by atoms with Crippen LogP contribution in [0.15, 0.2) is 137 Å². The summed E-state index contributed by atoms with van der Waals surface area (Å²) in [5, 5.41) is 2.15. The van der Waals surface area contributed by atoms with E-state index in [0.29, 0.717) is 0 Å². The molecule has 0 unspecified atom stereocenters. The van der Waals surface area contributed by atoms with Crippen molar-refractivity contribution >= 4 is 79.6 Å². The van der Waals surface area contributed by atoms with Gasteiger partial charge in [-0.25, -0.2) is 9.97 Å². The Hall–Kier alpha value is -6.08. The maximum absolute atomic E-state index is 7.03. The van der Waals surface area contributed by atoms with Gasteiger partial charge >= 0.3 is 6.71 Å². The van der Waals surface area contributed by atoms with Crippen LogP contribution in [0.3, 0.4) is 0 Å². The molecule has 0 atom stereocenters. The number of aromatic nitrogens is 2. The van der Waals surface area contributed by atoms with Gasteiger partial charge in [0.25, 0.3) is 0 Å². The number of benzene rings is 5. The average molecular weight is 691 g/mol. The Morgan fingerprint density at radius 2 is 1.08 bits per heavy atom. The molecule has 0 aliphatic carbocycles. The number of hydrogen-bond acceptors (Lipinski definition) is 6. The topological polar surface area (TPSA) is 58.5 Å². The zero-order valence-corrected chi connectivity index (χ0v) is 30.8. The molecule has 5 aromatic carbocycles. The monoisotopic (exact) mass is 690 g/mol. The van der Waals surface area contributed by atoms with Gasteiger partial charge in [0.05, 0.1) is 11.3 Å². The first-order chi connectivity index (χ1) is 25.6. The number of nitrogens with zero attached hydrogens (tertiary/aromatic N) is 4. The van der Waals surface area contributed by atoms with E-state index in [2.05, 4.69) is 158 Å². The van der Waals surface area contributed by atoms with Gasteiger partial charge in [-0.3, -0.25) is 4.90 Å².